The molecule has 1 heterocycles. The molecular formula is C13H14N2OS. The van der Waals surface area contributed by atoms with E-state index < -0.39 is 0 Å². The Hall–Kier alpha value is -1.29. The minimum Gasteiger partial charge on any atom is -0.305 e. The Balaban J connectivity index is 1.59. The predicted octanol–water partition coefficient (Wildman–Crippen LogP) is 2.01. The molecule has 2 aliphatic rings. The standard InChI is InChI=1S/C13H14N2OS/c16-12(15-13-14-6-7-17-13)11-8-10(11)9-4-2-1-3-5-9/h1-5,10-11H,6-8H2,(H,14,15,16)/t10-,11-/m0/s1. The van der Waals surface area contributed by atoms with Crippen molar-refractivity contribution in [1.29, 1.82) is 0 Å². The third kappa shape index (κ3) is 2.36. The number of nitrogens with zero attached hydrogens (tertiary/aromatic N) is 1. The van der Waals surface area contributed by atoms with Crippen LogP contribution in [0.15, 0.2) is 35.3 Å². The summed E-state index contributed by atoms with van der Waals surface area (Å²) < 4.78 is 0. The van der Waals surface area contributed by atoms with Gasteiger partial charge < -0.3 is 5.32 Å². The molecule has 4 heteroatoms. The van der Waals surface area contributed by atoms with Crippen LogP contribution in [-0.4, -0.2) is 23.4 Å². The van der Waals surface area contributed by atoms with Crippen LogP contribution in [0.4, 0.5) is 0 Å². The van der Waals surface area contributed by atoms with E-state index in [9.17, 15) is 4.79 Å². The van der Waals surface area contributed by atoms with Gasteiger partial charge in [0.25, 0.3) is 0 Å². The fourth-order valence-corrected chi connectivity index (χ4v) is 2.89. The minimum absolute atomic E-state index is 0.131. The lowest BCUT2D eigenvalue weighted by molar-refractivity contribution is -0.120. The van der Waals surface area contributed by atoms with Gasteiger partial charge in [-0.1, -0.05) is 42.1 Å². The van der Waals surface area contributed by atoms with E-state index in [0.717, 1.165) is 23.9 Å². The SMILES string of the molecule is O=C(NC1=NCCS1)[C@H]1C[C@H]1c1ccccc1. The number of carbonyl (C=O) groups is 1. The van der Waals surface area contributed by atoms with Gasteiger partial charge in [0.05, 0.1) is 6.54 Å². The summed E-state index contributed by atoms with van der Waals surface area (Å²) in [4.78, 5) is 16.2. The lowest BCUT2D eigenvalue weighted by Gasteiger charge is -2.03. The molecule has 1 aliphatic heterocycles. The van der Waals surface area contributed by atoms with Gasteiger partial charge in [-0.3, -0.25) is 9.79 Å². The van der Waals surface area contributed by atoms with Gasteiger partial charge in [0, 0.05) is 11.7 Å². The third-order valence-corrected chi connectivity index (χ3v) is 4.06. The van der Waals surface area contributed by atoms with Crippen LogP contribution in [0.3, 0.4) is 0 Å². The van der Waals surface area contributed by atoms with Gasteiger partial charge in [-0.2, -0.15) is 0 Å². The first kappa shape index (κ1) is 10.8. The van der Waals surface area contributed by atoms with Crippen molar-refractivity contribution in [2.45, 2.75) is 12.3 Å². The number of thioether (sulfide) groups is 1. The van der Waals surface area contributed by atoms with E-state index in [1.807, 2.05) is 18.2 Å². The first-order valence-corrected chi connectivity index (χ1v) is 6.86. The molecular weight excluding hydrogens is 232 g/mol. The number of aliphatic imine (C=N–C) groups is 1. The molecule has 17 heavy (non-hydrogen) atoms. The van der Waals surface area contributed by atoms with Crippen molar-refractivity contribution in [2.24, 2.45) is 10.9 Å². The highest BCUT2D eigenvalue weighted by atomic mass is 32.2. The number of amidine groups is 1. The van der Waals surface area contributed by atoms with Crippen molar-refractivity contribution < 1.29 is 4.79 Å². The second-order valence-electron chi connectivity index (χ2n) is 4.38. The number of nitrogens with one attached hydrogen (secondary N) is 1. The van der Waals surface area contributed by atoms with E-state index in [1.165, 1.54) is 5.56 Å². The van der Waals surface area contributed by atoms with E-state index >= 15 is 0 Å². The van der Waals surface area contributed by atoms with Crippen LogP contribution < -0.4 is 5.32 Å². The van der Waals surface area contributed by atoms with Crippen LogP contribution in [0.25, 0.3) is 0 Å². The van der Waals surface area contributed by atoms with Gasteiger partial charge in [0.15, 0.2) is 5.17 Å². The summed E-state index contributed by atoms with van der Waals surface area (Å²) in [6.07, 6.45) is 0.966. The van der Waals surface area contributed by atoms with Gasteiger partial charge in [-0.15, -0.1) is 0 Å². The van der Waals surface area contributed by atoms with Crippen molar-refractivity contribution in [3.8, 4) is 0 Å². The molecule has 0 aromatic heterocycles. The van der Waals surface area contributed by atoms with Gasteiger partial charge in [-0.05, 0) is 17.9 Å². The Labute approximate surface area is 105 Å². The first-order valence-electron chi connectivity index (χ1n) is 5.87. The minimum atomic E-state index is 0.131. The zero-order valence-electron chi connectivity index (χ0n) is 9.43. The van der Waals surface area contributed by atoms with E-state index in [1.54, 1.807) is 11.8 Å². The summed E-state index contributed by atoms with van der Waals surface area (Å²) in [5, 5.41) is 3.71. The summed E-state index contributed by atoms with van der Waals surface area (Å²) in [6.45, 7) is 0.826. The van der Waals surface area contributed by atoms with E-state index in [2.05, 4.69) is 22.4 Å². The van der Waals surface area contributed by atoms with Crippen LogP contribution in [0.2, 0.25) is 0 Å². The highest BCUT2D eigenvalue weighted by Crippen LogP contribution is 2.47. The van der Waals surface area contributed by atoms with Crippen LogP contribution in [0.1, 0.15) is 17.9 Å². The summed E-state index contributed by atoms with van der Waals surface area (Å²) in [7, 11) is 0. The molecule has 2 atom stereocenters. The van der Waals surface area contributed by atoms with Crippen LogP contribution in [0.5, 0.6) is 0 Å². The van der Waals surface area contributed by atoms with Crippen molar-refractivity contribution in [3.63, 3.8) is 0 Å². The number of rotatable bonds is 2. The Bertz CT molecular complexity index is 458. The maximum absolute atomic E-state index is 11.9. The zero-order valence-corrected chi connectivity index (χ0v) is 10.2. The predicted molar refractivity (Wildman–Crippen MR) is 70.2 cm³/mol. The molecule has 0 unspecified atom stereocenters. The second kappa shape index (κ2) is 4.53. The third-order valence-electron chi connectivity index (χ3n) is 3.17. The Kier molecular flexibility index (Phi) is 2.89. The van der Waals surface area contributed by atoms with Crippen molar-refractivity contribution in [2.75, 3.05) is 12.3 Å². The second-order valence-corrected chi connectivity index (χ2v) is 5.47. The molecule has 1 aromatic carbocycles. The average molecular weight is 246 g/mol. The first-order chi connectivity index (χ1) is 8.34. The number of hydrogen-bond donors (Lipinski definition) is 1. The molecule has 88 valence electrons. The van der Waals surface area contributed by atoms with Gasteiger partial charge >= 0.3 is 0 Å². The topological polar surface area (TPSA) is 41.5 Å². The number of hydrogen-bond acceptors (Lipinski definition) is 3. The molecule has 0 bridgehead atoms. The number of benzene rings is 1. The quantitative estimate of drug-likeness (QED) is 0.867. The van der Waals surface area contributed by atoms with Crippen molar-refractivity contribution in [1.82, 2.24) is 5.32 Å². The largest absolute Gasteiger partial charge is 0.305 e. The smallest absolute Gasteiger partial charge is 0.229 e. The maximum Gasteiger partial charge on any atom is 0.229 e. The Morgan fingerprint density at radius 2 is 2.18 bits per heavy atom. The van der Waals surface area contributed by atoms with Gasteiger partial charge in [0.2, 0.25) is 5.91 Å². The molecule has 0 saturated heterocycles. The summed E-state index contributed by atoms with van der Waals surface area (Å²) >= 11 is 1.63. The lowest BCUT2D eigenvalue weighted by atomic mass is 10.1. The van der Waals surface area contributed by atoms with Crippen LogP contribution in [-0.2, 0) is 4.79 Å². The van der Waals surface area contributed by atoms with Gasteiger partial charge in [0.1, 0.15) is 0 Å². The highest BCUT2D eigenvalue weighted by Gasteiger charge is 2.44. The molecule has 1 aliphatic carbocycles. The van der Waals surface area contributed by atoms with Crippen molar-refractivity contribution >= 4 is 22.8 Å². The fraction of sp³-hybridized carbons (Fsp3) is 0.385. The normalized spacial score (nSPS) is 26.5. The molecule has 0 radical (unpaired) electrons. The summed E-state index contributed by atoms with van der Waals surface area (Å²) in [5.41, 5.74) is 1.27. The zero-order chi connectivity index (χ0) is 11.7. The lowest BCUT2D eigenvalue weighted by Crippen LogP contribution is -2.29. The molecule has 1 saturated carbocycles. The van der Waals surface area contributed by atoms with E-state index in [0.29, 0.717) is 5.92 Å². The Morgan fingerprint density at radius 3 is 2.88 bits per heavy atom. The van der Waals surface area contributed by atoms with E-state index in [4.69, 9.17) is 0 Å². The molecule has 0 spiro atoms. The summed E-state index contributed by atoms with van der Waals surface area (Å²) in [5.74, 6) is 1.67. The molecule has 1 amide bonds. The summed E-state index contributed by atoms with van der Waals surface area (Å²) in [6, 6.07) is 10.3. The monoisotopic (exact) mass is 246 g/mol. The maximum atomic E-state index is 11.9. The molecule has 3 rings (SSSR count). The van der Waals surface area contributed by atoms with Gasteiger partial charge in [-0.25, -0.2) is 0 Å². The molecule has 1 N–H and O–H groups in total. The van der Waals surface area contributed by atoms with Crippen molar-refractivity contribution in [3.05, 3.63) is 35.9 Å². The van der Waals surface area contributed by atoms with Crippen LogP contribution in [0, 0.1) is 5.92 Å². The van der Waals surface area contributed by atoms with Crippen LogP contribution >= 0.6 is 11.8 Å². The fourth-order valence-electron chi connectivity index (χ4n) is 2.16. The van der Waals surface area contributed by atoms with E-state index in [-0.39, 0.29) is 11.8 Å². The average Bonchev–Trinajstić information content (AvgIpc) is 3.02. The highest BCUT2D eigenvalue weighted by molar-refractivity contribution is 8.14. The molecule has 1 fully saturated rings. The number of amides is 1. The Morgan fingerprint density at radius 1 is 1.35 bits per heavy atom. The molecule has 1 aromatic rings. The molecule has 3 nitrogen and oxygen atoms in total. The number of carbonyl (C=O) groups excluding carboxylic acids is 1.